The van der Waals surface area contributed by atoms with Gasteiger partial charge in [-0.05, 0) is 24.8 Å². The lowest BCUT2D eigenvalue weighted by Crippen LogP contribution is -2.21. The zero-order chi connectivity index (χ0) is 10.6. The molecular weight excluding hydrogens is 174 g/mol. The van der Waals surface area contributed by atoms with Gasteiger partial charge in [-0.1, -0.05) is 36.8 Å². The molecule has 0 aliphatic heterocycles. The average Bonchev–Trinajstić information content (AvgIpc) is 2.18. The Morgan fingerprint density at radius 1 is 1.29 bits per heavy atom. The van der Waals surface area contributed by atoms with Gasteiger partial charge in [0.1, 0.15) is 0 Å². The van der Waals surface area contributed by atoms with Gasteiger partial charge in [-0.3, -0.25) is 0 Å². The lowest BCUT2D eigenvalue weighted by Gasteiger charge is -2.15. The molecule has 0 amide bonds. The summed E-state index contributed by atoms with van der Waals surface area (Å²) < 4.78 is 0. The van der Waals surface area contributed by atoms with E-state index in [1.54, 1.807) is 0 Å². The van der Waals surface area contributed by atoms with E-state index in [4.69, 9.17) is 5.73 Å². The Kier molecular flexibility index (Phi) is 4.11. The van der Waals surface area contributed by atoms with Crippen molar-refractivity contribution >= 4 is 0 Å². The summed E-state index contributed by atoms with van der Waals surface area (Å²) in [5.74, 6) is 0.370. The maximum absolute atomic E-state index is 9.42. The highest BCUT2D eigenvalue weighted by Gasteiger charge is 2.10. The summed E-state index contributed by atoms with van der Waals surface area (Å²) in [5.41, 5.74) is 7.90. The second kappa shape index (κ2) is 5.13. The van der Waals surface area contributed by atoms with Crippen LogP contribution in [-0.2, 0) is 0 Å². The minimum atomic E-state index is -0.383. The van der Waals surface area contributed by atoms with Crippen LogP contribution in [0.4, 0.5) is 0 Å². The molecule has 0 aliphatic carbocycles. The maximum atomic E-state index is 9.42. The number of benzene rings is 1. The van der Waals surface area contributed by atoms with E-state index in [0.717, 1.165) is 6.42 Å². The van der Waals surface area contributed by atoms with E-state index in [1.165, 1.54) is 11.1 Å². The van der Waals surface area contributed by atoms with Crippen LogP contribution in [0.25, 0.3) is 0 Å². The van der Waals surface area contributed by atoms with Crippen LogP contribution < -0.4 is 5.73 Å². The fourth-order valence-corrected chi connectivity index (χ4v) is 1.54. The molecule has 1 rings (SSSR count). The molecule has 0 aromatic heterocycles. The SMILES string of the molecule is Cc1ccc(C(C)CC(O)CN)cc1. The average molecular weight is 193 g/mol. The van der Waals surface area contributed by atoms with Gasteiger partial charge in [0, 0.05) is 6.54 Å². The van der Waals surface area contributed by atoms with Crippen LogP contribution in [0.5, 0.6) is 0 Å². The lowest BCUT2D eigenvalue weighted by molar-refractivity contribution is 0.165. The van der Waals surface area contributed by atoms with Crippen molar-refractivity contribution in [3.63, 3.8) is 0 Å². The number of nitrogens with two attached hydrogens (primary N) is 1. The Hall–Kier alpha value is -0.860. The summed E-state index contributed by atoms with van der Waals surface area (Å²) in [5, 5.41) is 9.42. The van der Waals surface area contributed by atoms with Crippen LogP contribution in [0.15, 0.2) is 24.3 Å². The molecule has 0 fully saturated rings. The summed E-state index contributed by atoms with van der Waals surface area (Å²) in [4.78, 5) is 0. The molecule has 1 aromatic carbocycles. The van der Waals surface area contributed by atoms with E-state index in [-0.39, 0.29) is 6.10 Å². The largest absolute Gasteiger partial charge is 0.392 e. The summed E-state index contributed by atoms with van der Waals surface area (Å²) in [6.07, 6.45) is 0.353. The van der Waals surface area contributed by atoms with Gasteiger partial charge in [0.15, 0.2) is 0 Å². The third kappa shape index (κ3) is 3.13. The Labute approximate surface area is 85.8 Å². The van der Waals surface area contributed by atoms with E-state index in [0.29, 0.717) is 12.5 Å². The molecule has 0 saturated heterocycles. The molecule has 0 saturated carbocycles. The Morgan fingerprint density at radius 3 is 2.36 bits per heavy atom. The van der Waals surface area contributed by atoms with E-state index in [9.17, 15) is 5.11 Å². The summed E-state index contributed by atoms with van der Waals surface area (Å²) in [6.45, 7) is 4.53. The molecule has 78 valence electrons. The number of aliphatic hydroxyl groups excluding tert-OH is 1. The number of aliphatic hydroxyl groups is 1. The minimum absolute atomic E-state index is 0.343. The van der Waals surface area contributed by atoms with Crippen molar-refractivity contribution in [2.45, 2.75) is 32.3 Å². The fraction of sp³-hybridized carbons (Fsp3) is 0.500. The van der Waals surface area contributed by atoms with E-state index in [1.807, 2.05) is 0 Å². The van der Waals surface area contributed by atoms with Crippen molar-refractivity contribution in [2.24, 2.45) is 5.73 Å². The molecule has 0 radical (unpaired) electrons. The van der Waals surface area contributed by atoms with Gasteiger partial charge in [0.05, 0.1) is 6.10 Å². The summed E-state index contributed by atoms with van der Waals surface area (Å²) >= 11 is 0. The molecule has 0 heterocycles. The quantitative estimate of drug-likeness (QED) is 0.766. The van der Waals surface area contributed by atoms with Crippen molar-refractivity contribution in [2.75, 3.05) is 6.54 Å². The first-order valence-electron chi connectivity index (χ1n) is 5.08. The van der Waals surface area contributed by atoms with Gasteiger partial charge in [-0.2, -0.15) is 0 Å². The van der Waals surface area contributed by atoms with Crippen molar-refractivity contribution in [1.29, 1.82) is 0 Å². The first kappa shape index (κ1) is 11.2. The van der Waals surface area contributed by atoms with Gasteiger partial charge in [-0.25, -0.2) is 0 Å². The molecule has 0 aliphatic rings. The molecule has 2 unspecified atom stereocenters. The molecular formula is C12H19NO. The van der Waals surface area contributed by atoms with Gasteiger partial charge in [0.25, 0.3) is 0 Å². The fourth-order valence-electron chi connectivity index (χ4n) is 1.54. The van der Waals surface area contributed by atoms with Gasteiger partial charge in [0.2, 0.25) is 0 Å². The predicted octanol–water partition coefficient (Wildman–Crippen LogP) is 1.81. The van der Waals surface area contributed by atoms with Crippen molar-refractivity contribution in [3.8, 4) is 0 Å². The van der Waals surface area contributed by atoms with Gasteiger partial charge >= 0.3 is 0 Å². The molecule has 0 spiro atoms. The highest BCUT2D eigenvalue weighted by Crippen LogP contribution is 2.20. The maximum Gasteiger partial charge on any atom is 0.0668 e. The van der Waals surface area contributed by atoms with E-state index < -0.39 is 0 Å². The van der Waals surface area contributed by atoms with Crippen LogP contribution >= 0.6 is 0 Å². The standard InChI is InChI=1S/C12H19NO/c1-9-3-5-11(6-4-9)10(2)7-12(14)8-13/h3-6,10,12,14H,7-8,13H2,1-2H3. The topological polar surface area (TPSA) is 46.2 Å². The predicted molar refractivity (Wildman–Crippen MR) is 59.3 cm³/mol. The van der Waals surface area contributed by atoms with Crippen LogP contribution in [-0.4, -0.2) is 17.8 Å². The molecule has 0 bridgehead atoms. The first-order valence-corrected chi connectivity index (χ1v) is 5.08. The highest BCUT2D eigenvalue weighted by atomic mass is 16.3. The third-order valence-corrected chi connectivity index (χ3v) is 2.54. The van der Waals surface area contributed by atoms with Gasteiger partial charge in [-0.15, -0.1) is 0 Å². The van der Waals surface area contributed by atoms with Crippen LogP contribution in [0.1, 0.15) is 30.4 Å². The Bertz CT molecular complexity index is 268. The first-order chi connectivity index (χ1) is 6.63. The van der Waals surface area contributed by atoms with Crippen molar-refractivity contribution < 1.29 is 5.11 Å². The second-order valence-corrected chi connectivity index (χ2v) is 3.94. The molecule has 2 heteroatoms. The second-order valence-electron chi connectivity index (χ2n) is 3.94. The number of hydrogen-bond donors (Lipinski definition) is 2. The zero-order valence-corrected chi connectivity index (χ0v) is 8.90. The van der Waals surface area contributed by atoms with Crippen molar-refractivity contribution in [3.05, 3.63) is 35.4 Å². The lowest BCUT2D eigenvalue weighted by atomic mass is 9.94. The number of hydrogen-bond acceptors (Lipinski definition) is 2. The van der Waals surface area contributed by atoms with Gasteiger partial charge < -0.3 is 10.8 Å². The van der Waals surface area contributed by atoms with Crippen LogP contribution in [0, 0.1) is 6.92 Å². The third-order valence-electron chi connectivity index (χ3n) is 2.54. The Balaban J connectivity index is 2.60. The van der Waals surface area contributed by atoms with Crippen LogP contribution in [0.3, 0.4) is 0 Å². The number of rotatable bonds is 4. The minimum Gasteiger partial charge on any atom is -0.392 e. The Morgan fingerprint density at radius 2 is 1.86 bits per heavy atom. The van der Waals surface area contributed by atoms with Crippen molar-refractivity contribution in [1.82, 2.24) is 0 Å². The van der Waals surface area contributed by atoms with E-state index >= 15 is 0 Å². The smallest absolute Gasteiger partial charge is 0.0668 e. The normalized spacial score (nSPS) is 15.1. The monoisotopic (exact) mass is 193 g/mol. The van der Waals surface area contributed by atoms with Crippen LogP contribution in [0.2, 0.25) is 0 Å². The molecule has 2 nitrogen and oxygen atoms in total. The molecule has 1 aromatic rings. The zero-order valence-electron chi connectivity index (χ0n) is 8.90. The summed E-state index contributed by atoms with van der Waals surface area (Å²) in [6, 6.07) is 8.42. The molecule has 3 N–H and O–H groups in total. The van der Waals surface area contributed by atoms with E-state index in [2.05, 4.69) is 38.1 Å². The molecule has 2 atom stereocenters. The summed E-state index contributed by atoms with van der Waals surface area (Å²) in [7, 11) is 0. The number of aryl methyl sites for hydroxylation is 1. The molecule has 14 heavy (non-hydrogen) atoms. The highest BCUT2D eigenvalue weighted by molar-refractivity contribution is 5.24.